The summed E-state index contributed by atoms with van der Waals surface area (Å²) in [5.74, 6) is 0. The maximum atomic E-state index is 10.3. The summed E-state index contributed by atoms with van der Waals surface area (Å²) in [5.41, 5.74) is 1.14. The molecule has 0 saturated carbocycles. The number of hydrogen-bond donors (Lipinski definition) is 1. The topological polar surface area (TPSA) is 62.1 Å². The van der Waals surface area contributed by atoms with Crippen LogP contribution in [-0.4, -0.2) is 54.9 Å². The second-order valence-electron chi connectivity index (χ2n) is 9.59. The van der Waals surface area contributed by atoms with E-state index in [1.807, 2.05) is 0 Å². The van der Waals surface area contributed by atoms with Gasteiger partial charge in [-0.15, -0.1) is 0 Å². The fourth-order valence-corrected chi connectivity index (χ4v) is 4.14. The summed E-state index contributed by atoms with van der Waals surface area (Å²) in [6, 6.07) is 0. The van der Waals surface area contributed by atoms with Crippen molar-refractivity contribution >= 4 is 12.0 Å². The van der Waals surface area contributed by atoms with Crippen LogP contribution >= 0.6 is 0 Å². The van der Waals surface area contributed by atoms with E-state index < -0.39 is 0 Å². The van der Waals surface area contributed by atoms with E-state index in [0.717, 1.165) is 63.9 Å². The first-order chi connectivity index (χ1) is 16.2. The number of carbonyl (C=O) groups excluding carboxylic acids is 1. The molecule has 0 rings (SSSR count). The summed E-state index contributed by atoms with van der Waals surface area (Å²) >= 11 is 0. The van der Waals surface area contributed by atoms with Crippen molar-refractivity contribution in [3.63, 3.8) is 0 Å². The van der Waals surface area contributed by atoms with Gasteiger partial charge in [0.2, 0.25) is 0 Å². The highest BCUT2D eigenvalue weighted by atomic mass is 16.6. The molecule has 0 heterocycles. The molecule has 0 aromatic rings. The molecule has 0 aromatic heterocycles. The highest BCUT2D eigenvalue weighted by Gasteiger charge is 2.04. The van der Waals surface area contributed by atoms with Crippen LogP contribution in [0.25, 0.3) is 0 Å². The van der Waals surface area contributed by atoms with Crippen LogP contribution in [0.1, 0.15) is 136 Å². The van der Waals surface area contributed by atoms with Gasteiger partial charge < -0.3 is 19.6 Å². The number of oxime groups is 1. The molecule has 0 spiro atoms. The molecule has 0 radical (unpaired) electrons. The number of aliphatic hydroxyl groups is 1. The molecule has 5 nitrogen and oxygen atoms in total. The minimum absolute atomic E-state index is 0.250. The Morgan fingerprint density at radius 1 is 0.758 bits per heavy atom. The van der Waals surface area contributed by atoms with E-state index in [1.54, 1.807) is 0 Å². The lowest BCUT2D eigenvalue weighted by atomic mass is 10.1. The number of aliphatic hydroxyl groups excluding tert-OH is 1. The van der Waals surface area contributed by atoms with E-state index in [9.17, 15) is 9.90 Å². The minimum Gasteiger partial charge on any atom is -0.396 e. The lowest BCUT2D eigenvalue weighted by molar-refractivity contribution is -0.107. The Morgan fingerprint density at radius 2 is 1.30 bits per heavy atom. The minimum atomic E-state index is 0.250. The standard InChI is InChI=1S/C28H56N2O3/c1-3-4-5-6-11-16-21-28(2)29-33-27-20-15-10-8-13-18-23-30(24-26-32)22-17-12-7-9-14-19-25-31/h25,32H,3-24,26-27H2,1-2H3/b29-28+. The van der Waals surface area contributed by atoms with Crippen molar-refractivity contribution in [2.24, 2.45) is 5.16 Å². The number of carbonyl (C=O) groups is 1. The second-order valence-corrected chi connectivity index (χ2v) is 9.59. The Balaban J connectivity index is 3.50. The second kappa shape index (κ2) is 27.3. The van der Waals surface area contributed by atoms with Crippen molar-refractivity contribution in [3.8, 4) is 0 Å². The molecule has 0 aromatic carbocycles. The molecule has 1 N–H and O–H groups in total. The van der Waals surface area contributed by atoms with Crippen molar-refractivity contribution in [3.05, 3.63) is 0 Å². The number of nitrogens with zero attached hydrogens (tertiary/aromatic N) is 2. The summed E-state index contributed by atoms with van der Waals surface area (Å²) in [6.07, 6.45) is 23.9. The average molecular weight is 469 g/mol. The van der Waals surface area contributed by atoms with Crippen molar-refractivity contribution in [2.75, 3.05) is 32.8 Å². The molecular weight excluding hydrogens is 412 g/mol. The zero-order valence-corrected chi connectivity index (χ0v) is 22.2. The Kier molecular flexibility index (Phi) is 26.5. The molecule has 5 heteroatoms. The molecule has 0 unspecified atom stereocenters. The van der Waals surface area contributed by atoms with Crippen LogP contribution < -0.4 is 0 Å². The molecule has 0 atom stereocenters. The van der Waals surface area contributed by atoms with Gasteiger partial charge in [-0.3, -0.25) is 0 Å². The number of aldehydes is 1. The van der Waals surface area contributed by atoms with Gasteiger partial charge >= 0.3 is 0 Å². The first kappa shape index (κ1) is 32.1. The SMILES string of the molecule is CCCCCCCC/C(C)=N/OCCCCCCCCN(CCO)CCCCCCCC=O. The molecule has 0 saturated heterocycles. The maximum Gasteiger partial charge on any atom is 0.119 e. The van der Waals surface area contributed by atoms with Gasteiger partial charge in [-0.25, -0.2) is 0 Å². The number of unbranched alkanes of at least 4 members (excludes halogenated alkanes) is 15. The fraction of sp³-hybridized carbons (Fsp3) is 0.929. The zero-order valence-electron chi connectivity index (χ0n) is 22.2. The van der Waals surface area contributed by atoms with Crippen LogP contribution in [0.3, 0.4) is 0 Å². The van der Waals surface area contributed by atoms with Gasteiger partial charge in [0.15, 0.2) is 0 Å². The Bertz CT molecular complexity index is 429. The van der Waals surface area contributed by atoms with Gasteiger partial charge in [-0.2, -0.15) is 0 Å². The lowest BCUT2D eigenvalue weighted by Gasteiger charge is -2.21. The molecule has 0 bridgehead atoms. The first-order valence-corrected chi connectivity index (χ1v) is 14.2. The Morgan fingerprint density at radius 3 is 1.91 bits per heavy atom. The molecule has 0 aliphatic carbocycles. The van der Waals surface area contributed by atoms with Crippen molar-refractivity contribution < 1.29 is 14.7 Å². The summed E-state index contributed by atoms with van der Waals surface area (Å²) in [6.45, 7) is 8.32. The summed E-state index contributed by atoms with van der Waals surface area (Å²) in [4.78, 5) is 18.2. The third-order valence-corrected chi connectivity index (χ3v) is 6.29. The molecule has 196 valence electrons. The molecule has 0 aliphatic rings. The number of rotatable bonds is 27. The van der Waals surface area contributed by atoms with Crippen LogP contribution in [-0.2, 0) is 9.63 Å². The molecular formula is C28H56N2O3. The van der Waals surface area contributed by atoms with Crippen molar-refractivity contribution in [2.45, 2.75) is 136 Å². The van der Waals surface area contributed by atoms with Crippen LogP contribution in [0.5, 0.6) is 0 Å². The summed E-state index contributed by atoms with van der Waals surface area (Å²) in [5, 5.41) is 13.6. The van der Waals surface area contributed by atoms with E-state index >= 15 is 0 Å². The number of hydrogen-bond acceptors (Lipinski definition) is 5. The highest BCUT2D eigenvalue weighted by Crippen LogP contribution is 2.10. The highest BCUT2D eigenvalue weighted by molar-refractivity contribution is 5.81. The van der Waals surface area contributed by atoms with Crippen LogP contribution in [0, 0.1) is 0 Å². The Hall–Kier alpha value is -0.940. The van der Waals surface area contributed by atoms with Gasteiger partial charge in [0, 0.05) is 13.0 Å². The molecule has 0 amide bonds. The third-order valence-electron chi connectivity index (χ3n) is 6.29. The van der Waals surface area contributed by atoms with Gasteiger partial charge in [0.25, 0.3) is 0 Å². The monoisotopic (exact) mass is 468 g/mol. The predicted molar refractivity (Wildman–Crippen MR) is 142 cm³/mol. The van der Waals surface area contributed by atoms with Crippen LogP contribution in [0.2, 0.25) is 0 Å². The summed E-state index contributed by atoms with van der Waals surface area (Å²) < 4.78 is 0. The molecule has 33 heavy (non-hydrogen) atoms. The Labute approximate surface area is 205 Å². The molecule has 0 aliphatic heterocycles. The van der Waals surface area contributed by atoms with Gasteiger partial charge in [0.05, 0.1) is 12.3 Å². The van der Waals surface area contributed by atoms with E-state index in [-0.39, 0.29) is 6.61 Å². The summed E-state index contributed by atoms with van der Waals surface area (Å²) in [7, 11) is 0. The molecule has 0 fully saturated rings. The van der Waals surface area contributed by atoms with Gasteiger partial charge in [0.1, 0.15) is 12.9 Å². The van der Waals surface area contributed by atoms with E-state index in [1.165, 1.54) is 89.9 Å². The normalized spacial score (nSPS) is 11.9. The quantitative estimate of drug-likeness (QED) is 0.0594. The maximum absolute atomic E-state index is 10.3. The van der Waals surface area contributed by atoms with Crippen molar-refractivity contribution in [1.29, 1.82) is 0 Å². The average Bonchev–Trinajstić information content (AvgIpc) is 2.81. The van der Waals surface area contributed by atoms with E-state index in [4.69, 9.17) is 4.84 Å². The van der Waals surface area contributed by atoms with Crippen LogP contribution in [0.4, 0.5) is 0 Å². The lowest BCUT2D eigenvalue weighted by Crippen LogP contribution is -2.29. The largest absolute Gasteiger partial charge is 0.396 e. The predicted octanol–water partition coefficient (Wildman–Crippen LogP) is 7.30. The van der Waals surface area contributed by atoms with Gasteiger partial charge in [-0.1, -0.05) is 82.7 Å². The van der Waals surface area contributed by atoms with E-state index in [2.05, 4.69) is 23.9 Å². The smallest absolute Gasteiger partial charge is 0.119 e. The van der Waals surface area contributed by atoms with Crippen molar-refractivity contribution in [1.82, 2.24) is 4.90 Å². The first-order valence-electron chi connectivity index (χ1n) is 14.2. The zero-order chi connectivity index (χ0) is 24.2. The fourth-order valence-electron chi connectivity index (χ4n) is 4.14. The van der Waals surface area contributed by atoms with E-state index in [0.29, 0.717) is 6.42 Å². The van der Waals surface area contributed by atoms with Crippen LogP contribution in [0.15, 0.2) is 5.16 Å². The van der Waals surface area contributed by atoms with Gasteiger partial charge in [-0.05, 0) is 65.0 Å². The third kappa shape index (κ3) is 25.5.